The third-order valence-corrected chi connectivity index (χ3v) is 6.78. The van der Waals surface area contributed by atoms with Crippen molar-refractivity contribution in [2.75, 3.05) is 31.2 Å². The summed E-state index contributed by atoms with van der Waals surface area (Å²) >= 11 is 11.9. The Balaban J connectivity index is 1.86. The van der Waals surface area contributed by atoms with E-state index in [0.29, 0.717) is 53.5 Å². The molecule has 2 aliphatic rings. The number of halogens is 4. The van der Waals surface area contributed by atoms with E-state index in [1.807, 2.05) is 13.8 Å². The lowest BCUT2D eigenvalue weighted by atomic mass is 9.85. The molecule has 2 aromatic rings. The average Bonchev–Trinajstić information content (AvgIpc) is 2.95. The van der Waals surface area contributed by atoms with Crippen molar-refractivity contribution < 1.29 is 17.9 Å². The van der Waals surface area contributed by atoms with Crippen molar-refractivity contribution in [3.63, 3.8) is 0 Å². The predicted octanol–water partition coefficient (Wildman–Crippen LogP) is 5.96. The third-order valence-electron chi connectivity index (χ3n) is 5.82. The number of hydrogen-bond donors (Lipinski definition) is 0. The first-order chi connectivity index (χ1) is 15.1. The fourth-order valence-electron chi connectivity index (χ4n) is 4.24. The molecule has 9 heteroatoms. The molecule has 2 aliphatic heterocycles. The largest absolute Gasteiger partial charge is 0.416 e. The molecule has 4 nitrogen and oxygen atoms in total. The molecule has 170 valence electrons. The zero-order chi connectivity index (χ0) is 23.1. The number of aliphatic imine (C=N–C) groups is 1. The van der Waals surface area contributed by atoms with Crippen LogP contribution in [0.5, 0.6) is 0 Å². The van der Waals surface area contributed by atoms with E-state index in [2.05, 4.69) is 4.90 Å². The Hall–Kier alpha value is -2.00. The molecule has 2 saturated heterocycles. The van der Waals surface area contributed by atoms with E-state index in [4.69, 9.17) is 33.5 Å². The van der Waals surface area contributed by atoms with Gasteiger partial charge in [-0.25, -0.2) is 4.99 Å². The summed E-state index contributed by atoms with van der Waals surface area (Å²) in [7, 11) is 0. The van der Waals surface area contributed by atoms with Crippen molar-refractivity contribution in [1.29, 1.82) is 0 Å². The van der Waals surface area contributed by atoms with Gasteiger partial charge in [-0.05, 0) is 42.5 Å². The normalized spacial score (nSPS) is 23.2. The standard InChI is InChI=1S/C23H23ClF3N3OS/c1-22(2)19(29-10-12-31-13-11-29)20(28-17-8-6-16(24)7-9-17)30(21(22)32)18-5-3-4-15(14-18)23(25,26)27/h3-9,14,19H,10-13H2,1-2H3/t19-/m1/s1. The average molecular weight is 482 g/mol. The lowest BCUT2D eigenvalue weighted by Crippen LogP contribution is -2.52. The van der Waals surface area contributed by atoms with Crippen molar-refractivity contribution >= 4 is 46.0 Å². The topological polar surface area (TPSA) is 28.1 Å². The van der Waals surface area contributed by atoms with E-state index >= 15 is 0 Å². The number of amidine groups is 1. The number of thiocarbonyl (C=S) groups is 1. The van der Waals surface area contributed by atoms with Gasteiger partial charge in [-0.2, -0.15) is 13.2 Å². The van der Waals surface area contributed by atoms with Crippen molar-refractivity contribution in [3.8, 4) is 0 Å². The molecule has 0 saturated carbocycles. The number of morpholine rings is 1. The number of ether oxygens (including phenoxy) is 1. The number of alkyl halides is 3. The lowest BCUT2D eigenvalue weighted by Gasteiger charge is -2.38. The molecule has 0 bridgehead atoms. The molecule has 0 aromatic heterocycles. The van der Waals surface area contributed by atoms with Crippen LogP contribution >= 0.6 is 23.8 Å². The minimum absolute atomic E-state index is 0.218. The third kappa shape index (κ3) is 4.41. The van der Waals surface area contributed by atoms with E-state index < -0.39 is 17.2 Å². The molecule has 32 heavy (non-hydrogen) atoms. The summed E-state index contributed by atoms with van der Waals surface area (Å²) in [6.45, 7) is 6.56. The highest BCUT2D eigenvalue weighted by Crippen LogP contribution is 2.42. The summed E-state index contributed by atoms with van der Waals surface area (Å²) in [4.78, 5) is 9.35. The zero-order valence-corrected chi connectivity index (χ0v) is 19.3. The molecule has 1 atom stereocenters. The maximum absolute atomic E-state index is 13.4. The molecular formula is C23H23ClF3N3OS. The molecule has 0 amide bonds. The molecule has 0 radical (unpaired) electrons. The number of anilines is 1. The Bertz CT molecular complexity index is 1030. The van der Waals surface area contributed by atoms with Gasteiger partial charge in [0.05, 0.1) is 35.5 Å². The van der Waals surface area contributed by atoms with E-state index in [0.717, 1.165) is 12.1 Å². The van der Waals surface area contributed by atoms with Crippen molar-refractivity contribution in [3.05, 3.63) is 59.1 Å². The van der Waals surface area contributed by atoms with Crippen LogP contribution in [0.25, 0.3) is 0 Å². The van der Waals surface area contributed by atoms with Gasteiger partial charge in [0.2, 0.25) is 0 Å². The van der Waals surface area contributed by atoms with Crippen LogP contribution in [0.2, 0.25) is 5.02 Å². The summed E-state index contributed by atoms with van der Waals surface area (Å²) in [5, 5.41) is 0.579. The Kier molecular flexibility index (Phi) is 6.33. The van der Waals surface area contributed by atoms with Crippen molar-refractivity contribution in [2.45, 2.75) is 26.1 Å². The maximum atomic E-state index is 13.4. The van der Waals surface area contributed by atoms with Crippen LogP contribution in [0.3, 0.4) is 0 Å². The second-order valence-corrected chi connectivity index (χ2v) is 9.23. The minimum atomic E-state index is -4.45. The predicted molar refractivity (Wildman–Crippen MR) is 125 cm³/mol. The molecule has 0 N–H and O–H groups in total. The maximum Gasteiger partial charge on any atom is 0.416 e. The first kappa shape index (κ1) is 23.2. The number of rotatable bonds is 3. The molecule has 2 fully saturated rings. The van der Waals surface area contributed by atoms with E-state index in [9.17, 15) is 13.2 Å². The lowest BCUT2D eigenvalue weighted by molar-refractivity contribution is -0.137. The summed E-state index contributed by atoms with van der Waals surface area (Å²) in [5.41, 5.74) is -0.260. The first-order valence-corrected chi connectivity index (χ1v) is 11.1. The molecule has 2 heterocycles. The van der Waals surface area contributed by atoms with Crippen LogP contribution in [-0.4, -0.2) is 48.1 Å². The monoisotopic (exact) mass is 481 g/mol. The highest BCUT2D eigenvalue weighted by atomic mass is 35.5. The molecule has 0 spiro atoms. The Morgan fingerprint density at radius 3 is 2.38 bits per heavy atom. The van der Waals surface area contributed by atoms with E-state index in [1.54, 1.807) is 35.2 Å². The molecule has 0 aliphatic carbocycles. The van der Waals surface area contributed by atoms with Gasteiger partial charge in [-0.3, -0.25) is 9.80 Å². The number of benzene rings is 2. The van der Waals surface area contributed by atoms with Gasteiger partial charge in [0.25, 0.3) is 0 Å². The van der Waals surface area contributed by atoms with Gasteiger partial charge in [-0.1, -0.05) is 43.7 Å². The van der Waals surface area contributed by atoms with Crippen LogP contribution in [0.4, 0.5) is 24.5 Å². The minimum Gasteiger partial charge on any atom is -0.379 e. The molecular weight excluding hydrogens is 459 g/mol. The van der Waals surface area contributed by atoms with Gasteiger partial charge < -0.3 is 4.74 Å². The quantitative estimate of drug-likeness (QED) is 0.505. The van der Waals surface area contributed by atoms with Crippen LogP contribution in [0, 0.1) is 5.41 Å². The number of hydrogen-bond acceptors (Lipinski definition) is 4. The van der Waals surface area contributed by atoms with Gasteiger partial charge in [0.1, 0.15) is 5.84 Å². The van der Waals surface area contributed by atoms with Crippen molar-refractivity contribution in [1.82, 2.24) is 4.90 Å². The molecule has 0 unspecified atom stereocenters. The summed E-state index contributed by atoms with van der Waals surface area (Å²) in [6, 6.07) is 12.0. The van der Waals surface area contributed by atoms with Crippen LogP contribution in [0.15, 0.2) is 53.5 Å². The molecule has 4 rings (SSSR count). The first-order valence-electron chi connectivity index (χ1n) is 10.3. The Labute approximate surface area is 195 Å². The summed E-state index contributed by atoms with van der Waals surface area (Å²) in [6.07, 6.45) is -4.45. The number of nitrogens with zero attached hydrogens (tertiary/aromatic N) is 3. The van der Waals surface area contributed by atoms with E-state index in [-0.39, 0.29) is 6.04 Å². The fraction of sp³-hybridized carbons (Fsp3) is 0.391. The summed E-state index contributed by atoms with van der Waals surface area (Å²) < 4.78 is 45.8. The van der Waals surface area contributed by atoms with Gasteiger partial charge in [0.15, 0.2) is 0 Å². The van der Waals surface area contributed by atoms with Gasteiger partial charge in [-0.15, -0.1) is 0 Å². The SMILES string of the molecule is CC1(C)C(=S)N(c2cccc(C(F)(F)F)c2)C(=Nc2ccc(Cl)cc2)[C@H]1N1CCOCC1. The Morgan fingerprint density at radius 2 is 1.75 bits per heavy atom. The van der Waals surface area contributed by atoms with Crippen LogP contribution in [-0.2, 0) is 10.9 Å². The Morgan fingerprint density at radius 1 is 1.09 bits per heavy atom. The zero-order valence-electron chi connectivity index (χ0n) is 17.7. The fourth-order valence-corrected chi connectivity index (χ4v) is 4.68. The summed E-state index contributed by atoms with van der Waals surface area (Å²) in [5.74, 6) is 0.601. The highest BCUT2D eigenvalue weighted by molar-refractivity contribution is 7.80. The van der Waals surface area contributed by atoms with Gasteiger partial charge in [0, 0.05) is 29.2 Å². The highest BCUT2D eigenvalue weighted by Gasteiger charge is 2.52. The smallest absolute Gasteiger partial charge is 0.379 e. The van der Waals surface area contributed by atoms with Gasteiger partial charge >= 0.3 is 6.18 Å². The van der Waals surface area contributed by atoms with Crippen molar-refractivity contribution in [2.24, 2.45) is 10.4 Å². The second-order valence-electron chi connectivity index (χ2n) is 8.41. The second kappa shape index (κ2) is 8.74. The molecule has 2 aromatic carbocycles. The van der Waals surface area contributed by atoms with Crippen LogP contribution in [0.1, 0.15) is 19.4 Å². The van der Waals surface area contributed by atoms with Crippen LogP contribution < -0.4 is 4.90 Å². The van der Waals surface area contributed by atoms with E-state index in [1.165, 1.54) is 6.07 Å².